The van der Waals surface area contributed by atoms with Gasteiger partial charge in [-0.15, -0.1) is 0 Å². The molecule has 0 radical (unpaired) electrons. The average Bonchev–Trinajstić information content (AvgIpc) is 2.40. The summed E-state index contributed by atoms with van der Waals surface area (Å²) in [4.78, 5) is 5.53. The van der Waals surface area contributed by atoms with E-state index < -0.39 is 0 Å². The molecule has 0 unspecified atom stereocenters. The minimum Gasteiger partial charge on any atom is -0.301 e. The Balaban J connectivity index is 1.71. The van der Waals surface area contributed by atoms with Crippen molar-refractivity contribution in [2.75, 3.05) is 6.61 Å². The molecule has 2 rings (SSSR count). The molecule has 1 saturated carbocycles. The Kier molecular flexibility index (Phi) is 5.21. The molecule has 1 aromatic rings. The van der Waals surface area contributed by atoms with E-state index in [2.05, 4.69) is 49.7 Å². The SMILES string of the molecule is CC(C)CONC1CCC(c2ccccc2)CC1. The molecule has 100 valence electrons. The molecule has 2 heteroatoms. The van der Waals surface area contributed by atoms with E-state index >= 15 is 0 Å². The number of hydrogen-bond acceptors (Lipinski definition) is 2. The molecule has 0 bridgehead atoms. The molecule has 2 nitrogen and oxygen atoms in total. The average molecular weight is 247 g/mol. The monoisotopic (exact) mass is 247 g/mol. The first-order valence-corrected chi connectivity index (χ1v) is 7.18. The molecule has 1 aliphatic rings. The molecule has 1 N–H and O–H groups in total. The third-order valence-corrected chi connectivity index (χ3v) is 3.66. The van der Waals surface area contributed by atoms with Gasteiger partial charge in [-0.2, -0.15) is 5.48 Å². The number of benzene rings is 1. The summed E-state index contributed by atoms with van der Waals surface area (Å²) in [6, 6.07) is 11.4. The van der Waals surface area contributed by atoms with Crippen LogP contribution in [-0.2, 0) is 4.84 Å². The Hall–Kier alpha value is -0.860. The highest BCUT2D eigenvalue weighted by Crippen LogP contribution is 2.32. The van der Waals surface area contributed by atoms with Crippen LogP contribution in [0.25, 0.3) is 0 Å². The Bertz CT molecular complexity index is 328. The number of hydrogen-bond donors (Lipinski definition) is 1. The summed E-state index contributed by atoms with van der Waals surface area (Å²) in [5, 5.41) is 0. The van der Waals surface area contributed by atoms with E-state index in [-0.39, 0.29) is 0 Å². The Labute approximate surface area is 111 Å². The van der Waals surface area contributed by atoms with Crippen LogP contribution in [0.2, 0.25) is 0 Å². The molecule has 18 heavy (non-hydrogen) atoms. The summed E-state index contributed by atoms with van der Waals surface area (Å²) < 4.78 is 0. The van der Waals surface area contributed by atoms with Crippen molar-refractivity contribution in [2.45, 2.75) is 51.5 Å². The lowest BCUT2D eigenvalue weighted by Crippen LogP contribution is -2.33. The zero-order valence-electron chi connectivity index (χ0n) is 11.6. The van der Waals surface area contributed by atoms with Crippen molar-refractivity contribution in [1.82, 2.24) is 5.48 Å². The maximum absolute atomic E-state index is 5.53. The second-order valence-corrected chi connectivity index (χ2v) is 5.78. The minimum atomic E-state index is 0.545. The van der Waals surface area contributed by atoms with Crippen LogP contribution < -0.4 is 5.48 Å². The highest BCUT2D eigenvalue weighted by atomic mass is 16.6. The molecule has 0 saturated heterocycles. The van der Waals surface area contributed by atoms with Gasteiger partial charge in [-0.05, 0) is 43.1 Å². The molecular formula is C16H25NO. The third-order valence-electron chi connectivity index (χ3n) is 3.66. The molecule has 1 aliphatic carbocycles. The summed E-state index contributed by atoms with van der Waals surface area (Å²) in [6.45, 7) is 5.15. The Morgan fingerprint density at radius 1 is 1.11 bits per heavy atom. The van der Waals surface area contributed by atoms with E-state index in [4.69, 9.17) is 4.84 Å². The lowest BCUT2D eigenvalue weighted by molar-refractivity contribution is -0.00795. The first-order chi connectivity index (χ1) is 8.75. The predicted molar refractivity (Wildman–Crippen MR) is 75.4 cm³/mol. The maximum Gasteiger partial charge on any atom is 0.0705 e. The van der Waals surface area contributed by atoms with Gasteiger partial charge in [-0.3, -0.25) is 0 Å². The number of nitrogens with one attached hydrogen (secondary N) is 1. The van der Waals surface area contributed by atoms with Crippen LogP contribution in [0.3, 0.4) is 0 Å². The molecular weight excluding hydrogens is 222 g/mol. The smallest absolute Gasteiger partial charge is 0.0705 e. The van der Waals surface area contributed by atoms with Crippen molar-refractivity contribution < 1.29 is 4.84 Å². The predicted octanol–water partition coefficient (Wildman–Crippen LogP) is 3.89. The van der Waals surface area contributed by atoms with Crippen LogP contribution >= 0.6 is 0 Å². The van der Waals surface area contributed by atoms with Crippen LogP contribution in [-0.4, -0.2) is 12.6 Å². The number of rotatable bonds is 5. The summed E-state index contributed by atoms with van der Waals surface area (Å²) >= 11 is 0. The van der Waals surface area contributed by atoms with Gasteiger partial charge in [-0.1, -0.05) is 44.2 Å². The molecule has 1 aromatic carbocycles. The topological polar surface area (TPSA) is 21.3 Å². The van der Waals surface area contributed by atoms with Crippen molar-refractivity contribution in [1.29, 1.82) is 0 Å². The maximum atomic E-state index is 5.53. The van der Waals surface area contributed by atoms with Gasteiger partial charge in [0.2, 0.25) is 0 Å². The Morgan fingerprint density at radius 2 is 1.78 bits per heavy atom. The first-order valence-electron chi connectivity index (χ1n) is 7.18. The molecule has 0 amide bonds. The molecule has 0 aromatic heterocycles. The fraction of sp³-hybridized carbons (Fsp3) is 0.625. The van der Waals surface area contributed by atoms with Crippen LogP contribution in [0.4, 0.5) is 0 Å². The van der Waals surface area contributed by atoms with Crippen molar-refractivity contribution in [2.24, 2.45) is 5.92 Å². The third kappa shape index (κ3) is 4.11. The lowest BCUT2D eigenvalue weighted by Gasteiger charge is -2.29. The van der Waals surface area contributed by atoms with Gasteiger partial charge in [-0.25, -0.2) is 0 Å². The molecule has 0 spiro atoms. The lowest BCUT2D eigenvalue weighted by atomic mass is 9.82. The van der Waals surface area contributed by atoms with Gasteiger partial charge in [0.05, 0.1) is 6.61 Å². The van der Waals surface area contributed by atoms with E-state index in [0.29, 0.717) is 12.0 Å². The number of hydroxylamine groups is 1. The second kappa shape index (κ2) is 6.91. The van der Waals surface area contributed by atoms with Crippen molar-refractivity contribution in [3.05, 3.63) is 35.9 Å². The summed E-state index contributed by atoms with van der Waals surface area (Å²) in [7, 11) is 0. The fourth-order valence-electron chi connectivity index (χ4n) is 2.60. The van der Waals surface area contributed by atoms with Crippen LogP contribution in [0.5, 0.6) is 0 Å². The van der Waals surface area contributed by atoms with Crippen molar-refractivity contribution in [3.63, 3.8) is 0 Å². The highest BCUT2D eigenvalue weighted by molar-refractivity contribution is 5.19. The second-order valence-electron chi connectivity index (χ2n) is 5.78. The van der Waals surface area contributed by atoms with Crippen molar-refractivity contribution in [3.8, 4) is 0 Å². The van der Waals surface area contributed by atoms with Crippen molar-refractivity contribution >= 4 is 0 Å². The van der Waals surface area contributed by atoms with Gasteiger partial charge >= 0.3 is 0 Å². The summed E-state index contributed by atoms with van der Waals surface area (Å²) in [6.07, 6.45) is 4.98. The van der Waals surface area contributed by atoms with E-state index in [9.17, 15) is 0 Å². The standard InChI is InChI=1S/C16H25NO/c1-13(2)12-18-17-16-10-8-15(9-11-16)14-6-4-3-5-7-14/h3-7,13,15-17H,8-12H2,1-2H3. The normalized spacial score (nSPS) is 24.4. The van der Waals surface area contributed by atoms with Crippen LogP contribution in [0, 0.1) is 5.92 Å². The summed E-state index contributed by atoms with van der Waals surface area (Å²) in [5.74, 6) is 1.34. The first kappa shape index (κ1) is 13.6. The summed E-state index contributed by atoms with van der Waals surface area (Å²) in [5.41, 5.74) is 4.72. The van der Waals surface area contributed by atoms with E-state index in [0.717, 1.165) is 12.5 Å². The zero-order chi connectivity index (χ0) is 12.8. The molecule has 0 atom stereocenters. The molecule has 0 aliphatic heterocycles. The quantitative estimate of drug-likeness (QED) is 0.797. The molecule has 0 heterocycles. The van der Waals surface area contributed by atoms with Gasteiger partial charge in [0.15, 0.2) is 0 Å². The van der Waals surface area contributed by atoms with Gasteiger partial charge in [0.25, 0.3) is 0 Å². The molecule has 1 fully saturated rings. The van der Waals surface area contributed by atoms with Crippen LogP contribution in [0.1, 0.15) is 51.0 Å². The van der Waals surface area contributed by atoms with Gasteiger partial charge in [0, 0.05) is 6.04 Å². The van der Waals surface area contributed by atoms with Crippen LogP contribution in [0.15, 0.2) is 30.3 Å². The fourth-order valence-corrected chi connectivity index (χ4v) is 2.60. The minimum absolute atomic E-state index is 0.545. The van der Waals surface area contributed by atoms with E-state index in [1.807, 2.05) is 0 Å². The largest absolute Gasteiger partial charge is 0.301 e. The van der Waals surface area contributed by atoms with Gasteiger partial charge in [0.1, 0.15) is 0 Å². The van der Waals surface area contributed by atoms with Gasteiger partial charge < -0.3 is 4.84 Å². The zero-order valence-corrected chi connectivity index (χ0v) is 11.6. The van der Waals surface area contributed by atoms with E-state index in [1.54, 1.807) is 0 Å². The van der Waals surface area contributed by atoms with E-state index in [1.165, 1.54) is 31.2 Å². The highest BCUT2D eigenvalue weighted by Gasteiger charge is 2.22. The Morgan fingerprint density at radius 3 is 2.39 bits per heavy atom.